The number of carbonyl (C=O) groups is 1. The Kier molecular flexibility index (Phi) is 6.30. The Bertz CT molecular complexity index is 409. The van der Waals surface area contributed by atoms with Crippen LogP contribution in [0, 0.1) is 11.3 Å². The van der Waals surface area contributed by atoms with Crippen molar-refractivity contribution in [2.24, 2.45) is 5.84 Å². The Hall–Kier alpha value is -2.06. The van der Waals surface area contributed by atoms with Crippen LogP contribution in [0.3, 0.4) is 0 Å². The standard InChI is InChI=1S/C13H17N3O2/c14-9-8-11-4-6-12(7-5-11)18-10-2-1-3-13(17)16-15/h4-7H,1-3,8,10,15H2,(H,16,17). The van der Waals surface area contributed by atoms with E-state index in [9.17, 15) is 4.79 Å². The fourth-order valence-corrected chi connectivity index (χ4v) is 1.44. The first kappa shape index (κ1) is 14.0. The summed E-state index contributed by atoms with van der Waals surface area (Å²) in [5, 5.41) is 8.53. The summed E-state index contributed by atoms with van der Waals surface area (Å²) in [7, 11) is 0. The van der Waals surface area contributed by atoms with Gasteiger partial charge in [-0.1, -0.05) is 12.1 Å². The lowest BCUT2D eigenvalue weighted by atomic mass is 10.2. The number of rotatable bonds is 7. The normalized spacial score (nSPS) is 9.56. The van der Waals surface area contributed by atoms with Gasteiger partial charge in [-0.25, -0.2) is 5.84 Å². The van der Waals surface area contributed by atoms with Crippen molar-refractivity contribution in [1.82, 2.24) is 5.43 Å². The van der Waals surface area contributed by atoms with Gasteiger partial charge >= 0.3 is 0 Å². The van der Waals surface area contributed by atoms with Crippen molar-refractivity contribution in [3.05, 3.63) is 29.8 Å². The molecule has 0 radical (unpaired) electrons. The number of carbonyl (C=O) groups excluding carboxylic acids is 1. The quantitative estimate of drug-likeness (QED) is 0.329. The third-order valence-corrected chi connectivity index (χ3v) is 2.43. The molecule has 1 amide bonds. The van der Waals surface area contributed by atoms with Crippen molar-refractivity contribution in [1.29, 1.82) is 5.26 Å². The van der Waals surface area contributed by atoms with Crippen molar-refractivity contribution in [2.45, 2.75) is 25.7 Å². The molecule has 0 aliphatic carbocycles. The van der Waals surface area contributed by atoms with E-state index in [1.54, 1.807) is 0 Å². The van der Waals surface area contributed by atoms with Crippen LogP contribution < -0.4 is 16.0 Å². The number of hydrogen-bond donors (Lipinski definition) is 2. The molecule has 0 saturated carbocycles. The van der Waals surface area contributed by atoms with E-state index in [0.717, 1.165) is 24.2 Å². The lowest BCUT2D eigenvalue weighted by molar-refractivity contribution is -0.121. The Morgan fingerprint density at radius 3 is 2.67 bits per heavy atom. The number of benzene rings is 1. The fourth-order valence-electron chi connectivity index (χ4n) is 1.44. The molecular formula is C13H17N3O2. The number of hydrogen-bond acceptors (Lipinski definition) is 4. The number of hydrazine groups is 1. The van der Waals surface area contributed by atoms with E-state index >= 15 is 0 Å². The lowest BCUT2D eigenvalue weighted by Gasteiger charge is -2.06. The maximum Gasteiger partial charge on any atom is 0.233 e. The van der Waals surface area contributed by atoms with E-state index in [4.69, 9.17) is 15.8 Å². The van der Waals surface area contributed by atoms with Gasteiger partial charge in [0.2, 0.25) is 5.91 Å². The maximum absolute atomic E-state index is 10.8. The average molecular weight is 247 g/mol. The van der Waals surface area contributed by atoms with E-state index in [1.807, 2.05) is 24.3 Å². The number of nitrogens with two attached hydrogens (primary N) is 1. The molecule has 0 aliphatic heterocycles. The van der Waals surface area contributed by atoms with Crippen molar-refractivity contribution < 1.29 is 9.53 Å². The maximum atomic E-state index is 10.8. The van der Waals surface area contributed by atoms with E-state index in [-0.39, 0.29) is 5.91 Å². The first-order valence-electron chi connectivity index (χ1n) is 5.84. The van der Waals surface area contributed by atoms with E-state index < -0.39 is 0 Å². The summed E-state index contributed by atoms with van der Waals surface area (Å²) < 4.78 is 5.51. The minimum absolute atomic E-state index is 0.157. The molecule has 1 rings (SSSR count). The molecule has 0 atom stereocenters. The number of ether oxygens (including phenoxy) is 1. The smallest absolute Gasteiger partial charge is 0.233 e. The van der Waals surface area contributed by atoms with E-state index in [1.165, 1.54) is 0 Å². The van der Waals surface area contributed by atoms with Gasteiger partial charge in [0.1, 0.15) is 5.75 Å². The SMILES string of the molecule is N#CCc1ccc(OCCCCC(=O)NN)cc1. The Morgan fingerprint density at radius 2 is 2.06 bits per heavy atom. The molecule has 1 aromatic carbocycles. The molecule has 1 aromatic rings. The van der Waals surface area contributed by atoms with Crippen molar-refractivity contribution >= 4 is 5.91 Å². The van der Waals surface area contributed by atoms with Crippen LogP contribution in [-0.4, -0.2) is 12.5 Å². The van der Waals surface area contributed by atoms with Gasteiger partial charge in [0, 0.05) is 6.42 Å². The molecule has 0 fully saturated rings. The van der Waals surface area contributed by atoms with Crippen LogP contribution in [0.5, 0.6) is 5.75 Å². The van der Waals surface area contributed by atoms with Gasteiger partial charge in [0.25, 0.3) is 0 Å². The van der Waals surface area contributed by atoms with E-state index in [2.05, 4.69) is 11.5 Å². The number of unbranched alkanes of at least 4 members (excludes halogenated alkanes) is 1. The van der Waals surface area contributed by atoms with Gasteiger partial charge in [0.15, 0.2) is 0 Å². The molecule has 18 heavy (non-hydrogen) atoms. The average Bonchev–Trinajstić information content (AvgIpc) is 2.40. The molecule has 0 bridgehead atoms. The molecule has 0 spiro atoms. The van der Waals surface area contributed by atoms with Crippen LogP contribution in [0.1, 0.15) is 24.8 Å². The largest absolute Gasteiger partial charge is 0.494 e. The zero-order chi connectivity index (χ0) is 13.2. The molecule has 0 unspecified atom stereocenters. The third kappa shape index (κ3) is 5.32. The summed E-state index contributed by atoms with van der Waals surface area (Å²) >= 11 is 0. The Morgan fingerprint density at radius 1 is 1.33 bits per heavy atom. The number of nitrogens with one attached hydrogen (secondary N) is 1. The van der Waals surface area contributed by atoms with Crippen LogP contribution in [0.4, 0.5) is 0 Å². The summed E-state index contributed by atoms with van der Waals surface area (Å²) in [4.78, 5) is 10.8. The number of nitriles is 1. The Balaban J connectivity index is 2.19. The summed E-state index contributed by atoms with van der Waals surface area (Å²) in [6.45, 7) is 0.565. The molecular weight excluding hydrogens is 230 g/mol. The third-order valence-electron chi connectivity index (χ3n) is 2.43. The van der Waals surface area contributed by atoms with Gasteiger partial charge in [-0.3, -0.25) is 10.2 Å². The summed E-state index contributed by atoms with van der Waals surface area (Å²) in [6.07, 6.45) is 2.37. The van der Waals surface area contributed by atoms with Gasteiger partial charge < -0.3 is 4.74 Å². The molecule has 3 N–H and O–H groups in total. The van der Waals surface area contributed by atoms with E-state index in [0.29, 0.717) is 19.4 Å². The first-order valence-corrected chi connectivity index (χ1v) is 5.84. The molecule has 5 nitrogen and oxygen atoms in total. The zero-order valence-electron chi connectivity index (χ0n) is 10.2. The van der Waals surface area contributed by atoms with Crippen molar-refractivity contribution in [2.75, 3.05) is 6.61 Å². The minimum atomic E-state index is -0.157. The molecule has 0 saturated heterocycles. The van der Waals surface area contributed by atoms with Gasteiger partial charge in [-0.2, -0.15) is 5.26 Å². The fraction of sp³-hybridized carbons (Fsp3) is 0.385. The van der Waals surface area contributed by atoms with Crippen LogP contribution >= 0.6 is 0 Å². The van der Waals surface area contributed by atoms with Crippen LogP contribution in [0.15, 0.2) is 24.3 Å². The van der Waals surface area contributed by atoms with Gasteiger partial charge in [-0.15, -0.1) is 0 Å². The Labute approximate surface area is 107 Å². The number of amides is 1. The second kappa shape index (κ2) is 8.09. The van der Waals surface area contributed by atoms with Gasteiger partial charge in [-0.05, 0) is 30.5 Å². The summed E-state index contributed by atoms with van der Waals surface area (Å²) in [6, 6.07) is 9.53. The minimum Gasteiger partial charge on any atom is -0.494 e. The lowest BCUT2D eigenvalue weighted by Crippen LogP contribution is -2.29. The molecule has 0 heterocycles. The highest BCUT2D eigenvalue weighted by atomic mass is 16.5. The second-order valence-electron chi connectivity index (χ2n) is 3.85. The summed E-state index contributed by atoms with van der Waals surface area (Å²) in [5.74, 6) is 5.58. The predicted molar refractivity (Wildman–Crippen MR) is 67.4 cm³/mol. The van der Waals surface area contributed by atoms with Crippen molar-refractivity contribution in [3.63, 3.8) is 0 Å². The topological polar surface area (TPSA) is 88.1 Å². The summed E-state index contributed by atoms with van der Waals surface area (Å²) in [5.41, 5.74) is 3.06. The monoisotopic (exact) mass is 247 g/mol. The number of nitrogens with zero attached hydrogens (tertiary/aromatic N) is 1. The highest BCUT2D eigenvalue weighted by Crippen LogP contribution is 2.13. The highest BCUT2D eigenvalue weighted by molar-refractivity contribution is 5.75. The molecule has 96 valence electrons. The van der Waals surface area contributed by atoms with Gasteiger partial charge in [0.05, 0.1) is 19.1 Å². The predicted octanol–water partition coefficient (Wildman–Crippen LogP) is 1.29. The van der Waals surface area contributed by atoms with Crippen LogP contribution in [0.2, 0.25) is 0 Å². The van der Waals surface area contributed by atoms with Crippen LogP contribution in [0.25, 0.3) is 0 Å². The van der Waals surface area contributed by atoms with Crippen molar-refractivity contribution in [3.8, 4) is 11.8 Å². The molecule has 5 heteroatoms. The molecule has 0 aliphatic rings. The second-order valence-corrected chi connectivity index (χ2v) is 3.85. The highest BCUT2D eigenvalue weighted by Gasteiger charge is 1.99. The van der Waals surface area contributed by atoms with Crippen LogP contribution in [-0.2, 0) is 11.2 Å². The zero-order valence-corrected chi connectivity index (χ0v) is 10.2. The molecule has 0 aromatic heterocycles. The first-order chi connectivity index (χ1) is 8.76.